The molecule has 1 aromatic heterocycles. The van der Waals surface area contributed by atoms with Crippen LogP contribution in [0.4, 0.5) is 14.6 Å². The lowest BCUT2D eigenvalue weighted by Crippen LogP contribution is -2.01. The van der Waals surface area contributed by atoms with Crippen LogP contribution >= 0.6 is 15.9 Å². The first-order chi connectivity index (χ1) is 12.0. The summed E-state index contributed by atoms with van der Waals surface area (Å²) in [4.78, 5) is 4.44. The van der Waals surface area contributed by atoms with Crippen LogP contribution in [-0.4, -0.2) is 16.6 Å². The molecule has 0 spiro atoms. The van der Waals surface area contributed by atoms with Crippen molar-refractivity contribution in [3.05, 3.63) is 64.6 Å². The number of aromatic nitrogens is 1. The number of aromatic hydroxyl groups is 1. The van der Waals surface area contributed by atoms with E-state index in [1.54, 1.807) is 24.3 Å². The van der Waals surface area contributed by atoms with Crippen molar-refractivity contribution in [2.75, 3.05) is 11.9 Å². The fraction of sp³-hybridized carbons (Fsp3) is 0.105. The molecule has 0 aliphatic heterocycles. The van der Waals surface area contributed by atoms with Gasteiger partial charge in [0.05, 0.1) is 11.3 Å². The summed E-state index contributed by atoms with van der Waals surface area (Å²) in [5, 5.41) is 13.2. The Balaban J connectivity index is 2.24. The molecule has 3 aromatic rings. The maximum Gasteiger partial charge on any atom is 0.133 e. The van der Waals surface area contributed by atoms with Crippen molar-refractivity contribution in [1.82, 2.24) is 4.98 Å². The Labute approximate surface area is 152 Å². The summed E-state index contributed by atoms with van der Waals surface area (Å²) >= 11 is 3.36. The van der Waals surface area contributed by atoms with Gasteiger partial charge in [0.1, 0.15) is 23.2 Å². The van der Waals surface area contributed by atoms with Crippen molar-refractivity contribution in [2.45, 2.75) is 6.92 Å². The van der Waals surface area contributed by atoms with Gasteiger partial charge in [0.15, 0.2) is 0 Å². The zero-order valence-corrected chi connectivity index (χ0v) is 14.9. The quantitative estimate of drug-likeness (QED) is 0.595. The van der Waals surface area contributed by atoms with Gasteiger partial charge in [0, 0.05) is 16.6 Å². The van der Waals surface area contributed by atoms with Gasteiger partial charge in [-0.15, -0.1) is 0 Å². The molecular weight excluding hydrogens is 390 g/mol. The first-order valence-corrected chi connectivity index (χ1v) is 8.48. The molecule has 25 heavy (non-hydrogen) atoms. The molecule has 2 aromatic carbocycles. The Bertz CT molecular complexity index is 911. The smallest absolute Gasteiger partial charge is 0.133 e. The Kier molecular flexibility index (Phi) is 4.99. The second kappa shape index (κ2) is 7.19. The lowest BCUT2D eigenvalue weighted by atomic mass is 10.0. The van der Waals surface area contributed by atoms with Crippen molar-refractivity contribution in [2.24, 2.45) is 0 Å². The molecule has 6 heteroatoms. The molecule has 0 aliphatic carbocycles. The van der Waals surface area contributed by atoms with Gasteiger partial charge in [-0.25, -0.2) is 13.8 Å². The highest BCUT2D eigenvalue weighted by Gasteiger charge is 2.15. The summed E-state index contributed by atoms with van der Waals surface area (Å²) in [6, 6.07) is 11.8. The maximum atomic E-state index is 14.2. The predicted molar refractivity (Wildman–Crippen MR) is 98.6 cm³/mol. The zero-order chi connectivity index (χ0) is 18.0. The fourth-order valence-electron chi connectivity index (χ4n) is 2.57. The largest absolute Gasteiger partial charge is 0.507 e. The van der Waals surface area contributed by atoms with Crippen LogP contribution in [0.25, 0.3) is 22.4 Å². The van der Waals surface area contributed by atoms with Crippen LogP contribution in [0, 0.1) is 11.6 Å². The van der Waals surface area contributed by atoms with Crippen LogP contribution in [0.2, 0.25) is 0 Å². The van der Waals surface area contributed by atoms with Crippen molar-refractivity contribution in [3.63, 3.8) is 0 Å². The van der Waals surface area contributed by atoms with Crippen LogP contribution in [0.15, 0.2) is 53.0 Å². The molecule has 0 bridgehead atoms. The number of anilines is 1. The van der Waals surface area contributed by atoms with Crippen molar-refractivity contribution < 1.29 is 13.9 Å². The van der Waals surface area contributed by atoms with Gasteiger partial charge in [-0.2, -0.15) is 0 Å². The molecule has 0 atom stereocenters. The standard InChI is InChI=1S/C19H15BrF2N2O/c1-2-23-18-9-11(19-14(21)4-3-5-15(19)22)8-16(24-18)13-10-12(20)6-7-17(13)25/h3-10,25H,2H2,1H3,(H,23,24). The molecule has 3 rings (SSSR count). The highest BCUT2D eigenvalue weighted by Crippen LogP contribution is 2.35. The van der Waals surface area contributed by atoms with E-state index >= 15 is 0 Å². The van der Waals surface area contributed by atoms with Gasteiger partial charge >= 0.3 is 0 Å². The number of pyridine rings is 1. The zero-order valence-electron chi connectivity index (χ0n) is 13.4. The van der Waals surface area contributed by atoms with Gasteiger partial charge in [0.25, 0.3) is 0 Å². The predicted octanol–water partition coefficient (Wildman–Crippen LogP) is 5.59. The van der Waals surface area contributed by atoms with Gasteiger partial charge in [-0.3, -0.25) is 0 Å². The third-order valence-corrected chi connectivity index (χ3v) is 4.16. The minimum absolute atomic E-state index is 0.0318. The molecule has 0 aliphatic rings. The van der Waals surface area contributed by atoms with E-state index in [1.807, 2.05) is 6.92 Å². The molecule has 2 N–H and O–H groups in total. The van der Waals surface area contributed by atoms with E-state index in [2.05, 4.69) is 26.2 Å². The molecule has 3 nitrogen and oxygen atoms in total. The van der Waals surface area contributed by atoms with E-state index in [4.69, 9.17) is 0 Å². The number of nitrogens with zero attached hydrogens (tertiary/aromatic N) is 1. The number of hydrogen-bond donors (Lipinski definition) is 2. The van der Waals surface area contributed by atoms with Gasteiger partial charge in [-0.05, 0) is 55.0 Å². The van der Waals surface area contributed by atoms with Gasteiger partial charge < -0.3 is 10.4 Å². The Morgan fingerprint density at radius 1 is 1.08 bits per heavy atom. The van der Waals surface area contributed by atoms with E-state index in [9.17, 15) is 13.9 Å². The number of benzene rings is 2. The van der Waals surface area contributed by atoms with Gasteiger partial charge in [-0.1, -0.05) is 22.0 Å². The molecular formula is C19H15BrF2N2O. The van der Waals surface area contributed by atoms with Crippen LogP contribution in [0.1, 0.15) is 6.92 Å². The number of rotatable bonds is 4. The summed E-state index contributed by atoms with van der Waals surface area (Å²) in [5.41, 5.74) is 1.10. The first kappa shape index (κ1) is 17.4. The normalized spacial score (nSPS) is 10.7. The minimum atomic E-state index is -0.655. The van der Waals surface area contributed by atoms with Crippen molar-refractivity contribution in [3.8, 4) is 28.1 Å². The Morgan fingerprint density at radius 2 is 1.80 bits per heavy atom. The summed E-state index contributed by atoms with van der Waals surface area (Å²) < 4.78 is 29.1. The Hall–Kier alpha value is -2.47. The number of hydrogen-bond acceptors (Lipinski definition) is 3. The molecule has 0 saturated heterocycles. The number of nitrogens with one attached hydrogen (secondary N) is 1. The van der Waals surface area contributed by atoms with Crippen LogP contribution in [-0.2, 0) is 0 Å². The molecule has 0 fully saturated rings. The monoisotopic (exact) mass is 404 g/mol. The summed E-state index contributed by atoms with van der Waals surface area (Å²) in [6.07, 6.45) is 0. The van der Waals surface area contributed by atoms with Crippen LogP contribution in [0.5, 0.6) is 5.75 Å². The van der Waals surface area contributed by atoms with E-state index in [0.717, 1.165) is 4.47 Å². The highest BCUT2D eigenvalue weighted by atomic mass is 79.9. The molecule has 1 heterocycles. The molecule has 0 radical (unpaired) electrons. The second-order valence-electron chi connectivity index (χ2n) is 5.41. The molecule has 0 saturated carbocycles. The average Bonchev–Trinajstić information content (AvgIpc) is 2.57. The number of halogens is 3. The molecule has 0 unspecified atom stereocenters. The summed E-state index contributed by atoms with van der Waals surface area (Å²) in [5.74, 6) is -0.808. The SMILES string of the molecule is CCNc1cc(-c2c(F)cccc2F)cc(-c2cc(Br)ccc2O)n1. The third-order valence-electron chi connectivity index (χ3n) is 3.67. The van der Waals surface area contributed by atoms with E-state index < -0.39 is 11.6 Å². The van der Waals surface area contributed by atoms with E-state index in [1.165, 1.54) is 24.3 Å². The van der Waals surface area contributed by atoms with Crippen molar-refractivity contribution in [1.29, 1.82) is 0 Å². The lowest BCUT2D eigenvalue weighted by molar-refractivity contribution is 0.477. The number of phenols is 1. The summed E-state index contributed by atoms with van der Waals surface area (Å²) in [7, 11) is 0. The van der Waals surface area contributed by atoms with E-state index in [-0.39, 0.29) is 11.3 Å². The minimum Gasteiger partial charge on any atom is -0.507 e. The fourth-order valence-corrected chi connectivity index (χ4v) is 2.93. The summed E-state index contributed by atoms with van der Waals surface area (Å²) in [6.45, 7) is 2.49. The lowest BCUT2D eigenvalue weighted by Gasteiger charge is -2.12. The third kappa shape index (κ3) is 3.64. The van der Waals surface area contributed by atoms with Crippen LogP contribution < -0.4 is 5.32 Å². The van der Waals surface area contributed by atoms with Crippen LogP contribution in [0.3, 0.4) is 0 Å². The highest BCUT2D eigenvalue weighted by molar-refractivity contribution is 9.10. The average molecular weight is 405 g/mol. The topological polar surface area (TPSA) is 45.1 Å². The van der Waals surface area contributed by atoms with Crippen molar-refractivity contribution >= 4 is 21.7 Å². The number of phenolic OH excluding ortho intramolecular Hbond substituents is 1. The van der Waals surface area contributed by atoms with E-state index in [0.29, 0.717) is 29.2 Å². The molecule has 0 amide bonds. The van der Waals surface area contributed by atoms with Gasteiger partial charge in [0.2, 0.25) is 0 Å². The maximum absolute atomic E-state index is 14.2. The first-order valence-electron chi connectivity index (χ1n) is 7.69. The molecule has 128 valence electrons. The second-order valence-corrected chi connectivity index (χ2v) is 6.33. The Morgan fingerprint density at radius 3 is 2.48 bits per heavy atom.